The van der Waals surface area contributed by atoms with Gasteiger partial charge in [0.2, 0.25) is 0 Å². The van der Waals surface area contributed by atoms with Crippen LogP contribution in [0, 0.1) is 30.3 Å². The maximum atomic E-state index is 6.21. The Bertz CT molecular complexity index is 1620. The fourth-order valence-electron chi connectivity index (χ4n) is 6.22. The van der Waals surface area contributed by atoms with Crippen molar-refractivity contribution in [2.75, 3.05) is 12.4 Å². The number of nitrogens with zero attached hydrogens (tertiary/aromatic N) is 1. The van der Waals surface area contributed by atoms with Crippen molar-refractivity contribution in [2.24, 2.45) is 10.9 Å². The first-order valence-corrected chi connectivity index (χ1v) is 15.2. The Morgan fingerprint density at radius 3 is 2.46 bits per heavy atom. The number of ether oxygens (including phenoxy) is 2. The summed E-state index contributed by atoms with van der Waals surface area (Å²) in [6.45, 7) is 6.88. The summed E-state index contributed by atoms with van der Waals surface area (Å²) in [5, 5.41) is 3.83. The van der Waals surface area contributed by atoms with Gasteiger partial charge in [-0.2, -0.15) is 0 Å². The molecular formula is C36H35IN2O2. The molecule has 4 aromatic carbocycles. The molecule has 208 valence electrons. The summed E-state index contributed by atoms with van der Waals surface area (Å²) in [5.41, 5.74) is 10.8. The Kier molecular flexibility index (Phi) is 7.89. The van der Waals surface area contributed by atoms with Crippen LogP contribution in [0.25, 0.3) is 0 Å². The van der Waals surface area contributed by atoms with E-state index in [4.69, 9.17) is 14.5 Å². The van der Waals surface area contributed by atoms with Crippen LogP contribution in [0.15, 0.2) is 89.9 Å². The summed E-state index contributed by atoms with van der Waals surface area (Å²) in [6.07, 6.45) is 7.72. The minimum absolute atomic E-state index is 0.283. The number of aliphatic imine (C=N–C) groups is 1. The summed E-state index contributed by atoms with van der Waals surface area (Å²) in [6, 6.07) is 26.2. The smallest absolute Gasteiger partial charge is 0.174 e. The SMILES string of the molecule is COc1cc(C=Nc2ccc([C@@H]3Nc4ccc(C)cc4[C@@H]4C=CC[C@H]43)cc2)cc(I)c1OCc1cc(C)cc(C)c1. The van der Waals surface area contributed by atoms with Crippen LogP contribution < -0.4 is 14.8 Å². The van der Waals surface area contributed by atoms with Crippen molar-refractivity contribution in [1.29, 1.82) is 0 Å². The van der Waals surface area contributed by atoms with Crippen LogP contribution in [0.5, 0.6) is 11.5 Å². The lowest BCUT2D eigenvalue weighted by Gasteiger charge is -2.37. The molecule has 1 N–H and O–H groups in total. The molecule has 0 saturated heterocycles. The highest BCUT2D eigenvalue weighted by molar-refractivity contribution is 14.1. The lowest BCUT2D eigenvalue weighted by Crippen LogP contribution is -2.29. The van der Waals surface area contributed by atoms with Gasteiger partial charge in [-0.15, -0.1) is 0 Å². The fraction of sp³-hybridized carbons (Fsp3) is 0.250. The van der Waals surface area contributed by atoms with Gasteiger partial charge in [0.1, 0.15) is 6.61 Å². The topological polar surface area (TPSA) is 42.8 Å². The average molecular weight is 655 g/mol. The number of fused-ring (bicyclic) bond motifs is 3. The van der Waals surface area contributed by atoms with E-state index in [9.17, 15) is 0 Å². The quantitative estimate of drug-likeness (QED) is 0.123. The molecule has 2 aliphatic rings. The predicted octanol–water partition coefficient (Wildman–Crippen LogP) is 9.38. The zero-order chi connectivity index (χ0) is 28.5. The molecule has 0 fully saturated rings. The molecule has 0 aromatic heterocycles. The molecule has 1 aliphatic heterocycles. The van der Waals surface area contributed by atoms with Gasteiger partial charge in [0, 0.05) is 17.8 Å². The normalized spacial score (nSPS) is 19.1. The van der Waals surface area contributed by atoms with Crippen LogP contribution in [-0.4, -0.2) is 13.3 Å². The Hall–Kier alpha value is -3.58. The molecular weight excluding hydrogens is 619 g/mol. The molecule has 0 unspecified atom stereocenters. The summed E-state index contributed by atoms with van der Waals surface area (Å²) in [4.78, 5) is 4.78. The van der Waals surface area contributed by atoms with Crippen molar-refractivity contribution in [3.8, 4) is 11.5 Å². The molecule has 0 amide bonds. The van der Waals surface area contributed by atoms with Gasteiger partial charge in [0.05, 0.1) is 22.4 Å². The van der Waals surface area contributed by atoms with Crippen LogP contribution in [0.3, 0.4) is 0 Å². The summed E-state index contributed by atoms with van der Waals surface area (Å²) < 4.78 is 12.9. The van der Waals surface area contributed by atoms with E-state index in [2.05, 4.69) is 128 Å². The van der Waals surface area contributed by atoms with Gasteiger partial charge < -0.3 is 14.8 Å². The molecule has 0 bridgehead atoms. The van der Waals surface area contributed by atoms with Gasteiger partial charge in [-0.25, -0.2) is 0 Å². The van der Waals surface area contributed by atoms with E-state index >= 15 is 0 Å². The second-order valence-corrected chi connectivity index (χ2v) is 12.4. The number of allylic oxidation sites excluding steroid dienone is 2. The first-order valence-electron chi connectivity index (χ1n) is 14.1. The molecule has 6 rings (SSSR count). The molecule has 4 aromatic rings. The molecule has 0 spiro atoms. The molecule has 41 heavy (non-hydrogen) atoms. The maximum Gasteiger partial charge on any atom is 0.174 e. The van der Waals surface area contributed by atoms with E-state index in [1.165, 1.54) is 33.5 Å². The number of hydrogen-bond donors (Lipinski definition) is 1. The van der Waals surface area contributed by atoms with Crippen molar-refractivity contribution in [3.05, 3.63) is 127 Å². The second-order valence-electron chi connectivity index (χ2n) is 11.2. The van der Waals surface area contributed by atoms with Crippen LogP contribution in [0.4, 0.5) is 11.4 Å². The highest BCUT2D eigenvalue weighted by Gasteiger charge is 2.37. The number of rotatable bonds is 7. The van der Waals surface area contributed by atoms with E-state index in [-0.39, 0.29) is 6.04 Å². The third kappa shape index (κ3) is 5.91. The van der Waals surface area contributed by atoms with Crippen molar-refractivity contribution in [3.63, 3.8) is 0 Å². The van der Waals surface area contributed by atoms with E-state index in [0.29, 0.717) is 24.2 Å². The zero-order valence-electron chi connectivity index (χ0n) is 23.9. The van der Waals surface area contributed by atoms with E-state index < -0.39 is 0 Å². The lowest BCUT2D eigenvalue weighted by molar-refractivity contribution is 0.282. The van der Waals surface area contributed by atoms with Gasteiger partial charge >= 0.3 is 0 Å². The number of benzene rings is 4. The fourth-order valence-corrected chi connectivity index (χ4v) is 7.00. The number of hydrogen-bond acceptors (Lipinski definition) is 4. The van der Waals surface area contributed by atoms with Gasteiger partial charge in [-0.1, -0.05) is 71.3 Å². The number of aryl methyl sites for hydroxylation is 3. The number of methoxy groups -OCH3 is 1. The van der Waals surface area contributed by atoms with Crippen molar-refractivity contribution in [2.45, 2.75) is 45.8 Å². The molecule has 4 nitrogen and oxygen atoms in total. The Morgan fingerprint density at radius 1 is 0.927 bits per heavy atom. The Balaban J connectivity index is 1.17. The Morgan fingerprint density at radius 2 is 1.71 bits per heavy atom. The van der Waals surface area contributed by atoms with Gasteiger partial charge in [0.25, 0.3) is 0 Å². The third-order valence-corrected chi connectivity index (χ3v) is 8.85. The van der Waals surface area contributed by atoms with Gasteiger partial charge in [0.15, 0.2) is 11.5 Å². The first-order chi connectivity index (χ1) is 19.9. The number of nitrogens with one attached hydrogen (secondary N) is 1. The summed E-state index contributed by atoms with van der Waals surface area (Å²) >= 11 is 2.31. The van der Waals surface area contributed by atoms with Crippen LogP contribution in [0.1, 0.15) is 57.3 Å². The number of anilines is 1. The Labute approximate surface area is 256 Å². The molecule has 0 saturated carbocycles. The van der Waals surface area contributed by atoms with E-state index in [0.717, 1.165) is 32.6 Å². The number of halogens is 1. The minimum atomic E-state index is 0.283. The second kappa shape index (κ2) is 11.7. The first kappa shape index (κ1) is 27.6. The summed E-state index contributed by atoms with van der Waals surface area (Å²) in [7, 11) is 1.68. The average Bonchev–Trinajstić information content (AvgIpc) is 3.45. The minimum Gasteiger partial charge on any atom is -0.493 e. The van der Waals surface area contributed by atoms with Gasteiger partial charge in [-0.3, -0.25) is 4.99 Å². The molecule has 0 radical (unpaired) electrons. The standard InChI is InChI=1S/C36H35IN2O2/c1-22-8-13-33-31(17-22)29-6-5-7-30(29)35(39-33)27-9-11-28(12-10-27)38-20-25-18-32(37)36(34(19-25)40-4)41-21-26-15-23(2)14-24(3)16-26/h5-6,8-20,29-30,35,39H,7,21H2,1-4H3/t29-,30-,35+/m1/s1. The van der Waals surface area contributed by atoms with Crippen LogP contribution >= 0.6 is 22.6 Å². The lowest BCUT2D eigenvalue weighted by atomic mass is 9.76. The van der Waals surface area contributed by atoms with Crippen LogP contribution in [-0.2, 0) is 6.61 Å². The molecule has 1 aliphatic carbocycles. The van der Waals surface area contributed by atoms with Crippen LogP contribution in [0.2, 0.25) is 0 Å². The predicted molar refractivity (Wildman–Crippen MR) is 177 cm³/mol. The highest BCUT2D eigenvalue weighted by atomic mass is 127. The summed E-state index contributed by atoms with van der Waals surface area (Å²) in [5.74, 6) is 2.46. The van der Waals surface area contributed by atoms with E-state index in [1.54, 1.807) is 7.11 Å². The molecule has 1 heterocycles. The largest absolute Gasteiger partial charge is 0.493 e. The van der Waals surface area contributed by atoms with Crippen molar-refractivity contribution in [1.82, 2.24) is 0 Å². The van der Waals surface area contributed by atoms with E-state index in [1.807, 2.05) is 12.3 Å². The van der Waals surface area contributed by atoms with Crippen molar-refractivity contribution < 1.29 is 9.47 Å². The monoisotopic (exact) mass is 654 g/mol. The third-order valence-electron chi connectivity index (χ3n) is 8.05. The maximum absolute atomic E-state index is 6.21. The van der Waals surface area contributed by atoms with Crippen molar-refractivity contribution >= 4 is 40.2 Å². The van der Waals surface area contributed by atoms with Gasteiger partial charge in [-0.05, 0) is 108 Å². The molecule has 3 atom stereocenters. The molecule has 5 heteroatoms. The zero-order valence-corrected chi connectivity index (χ0v) is 26.1. The highest BCUT2D eigenvalue weighted by Crippen LogP contribution is 2.50.